The molecule has 19 heavy (non-hydrogen) atoms. The molecule has 0 aromatic heterocycles. The van der Waals surface area contributed by atoms with Gasteiger partial charge in [0.2, 0.25) is 0 Å². The van der Waals surface area contributed by atoms with E-state index in [9.17, 15) is 4.79 Å². The summed E-state index contributed by atoms with van der Waals surface area (Å²) in [7, 11) is 0. The average molecular weight is 295 g/mol. The minimum atomic E-state index is -0.304. The van der Waals surface area contributed by atoms with Crippen LogP contribution in [0.15, 0.2) is 42.5 Å². The smallest absolute Gasteiger partial charge is 0.257 e. The zero-order valence-electron chi connectivity index (χ0n) is 9.99. The Labute approximate surface area is 121 Å². The summed E-state index contributed by atoms with van der Waals surface area (Å²) in [5.74, 6) is -0.304. The molecule has 1 amide bonds. The highest BCUT2D eigenvalue weighted by Crippen LogP contribution is 2.22. The molecule has 3 N–H and O–H groups in total. The Balaban J connectivity index is 2.23. The van der Waals surface area contributed by atoms with Gasteiger partial charge in [-0.25, -0.2) is 0 Å². The minimum Gasteiger partial charge on any atom is -0.326 e. The Kier molecular flexibility index (Phi) is 4.43. The van der Waals surface area contributed by atoms with Crippen molar-refractivity contribution in [3.8, 4) is 0 Å². The zero-order chi connectivity index (χ0) is 13.8. The first-order valence-corrected chi connectivity index (χ1v) is 6.41. The molecule has 0 saturated heterocycles. The van der Waals surface area contributed by atoms with E-state index in [-0.39, 0.29) is 5.91 Å². The molecule has 0 aliphatic heterocycles. The van der Waals surface area contributed by atoms with Crippen molar-refractivity contribution in [3.05, 3.63) is 63.6 Å². The van der Waals surface area contributed by atoms with Crippen molar-refractivity contribution in [1.82, 2.24) is 0 Å². The van der Waals surface area contributed by atoms with Crippen LogP contribution in [0.1, 0.15) is 15.9 Å². The molecule has 98 valence electrons. The standard InChI is InChI=1S/C14H12Cl2N2O/c15-10-4-5-13(16)12(7-10)14(19)18-11-3-1-2-9(6-11)8-17/h1-7H,8,17H2,(H,18,19). The number of nitrogens with one attached hydrogen (secondary N) is 1. The predicted molar refractivity (Wildman–Crippen MR) is 78.7 cm³/mol. The van der Waals surface area contributed by atoms with E-state index in [1.807, 2.05) is 18.2 Å². The first-order valence-electron chi connectivity index (χ1n) is 5.65. The van der Waals surface area contributed by atoms with Crippen LogP contribution < -0.4 is 11.1 Å². The quantitative estimate of drug-likeness (QED) is 0.907. The van der Waals surface area contributed by atoms with E-state index >= 15 is 0 Å². The first kappa shape index (κ1) is 13.9. The lowest BCUT2D eigenvalue weighted by atomic mass is 10.1. The highest BCUT2D eigenvalue weighted by atomic mass is 35.5. The van der Waals surface area contributed by atoms with Gasteiger partial charge in [0.25, 0.3) is 5.91 Å². The van der Waals surface area contributed by atoms with Gasteiger partial charge in [-0.3, -0.25) is 4.79 Å². The van der Waals surface area contributed by atoms with Crippen LogP contribution in [-0.2, 0) is 6.54 Å². The molecule has 0 spiro atoms. The van der Waals surface area contributed by atoms with Gasteiger partial charge >= 0.3 is 0 Å². The number of benzene rings is 2. The summed E-state index contributed by atoms with van der Waals surface area (Å²) in [4.78, 5) is 12.1. The maximum atomic E-state index is 12.1. The summed E-state index contributed by atoms with van der Waals surface area (Å²) in [6, 6.07) is 12.1. The van der Waals surface area contributed by atoms with Crippen LogP contribution in [-0.4, -0.2) is 5.91 Å². The molecule has 0 radical (unpaired) electrons. The molecule has 0 atom stereocenters. The van der Waals surface area contributed by atoms with E-state index in [4.69, 9.17) is 28.9 Å². The third-order valence-electron chi connectivity index (χ3n) is 2.59. The van der Waals surface area contributed by atoms with Gasteiger partial charge in [0.05, 0.1) is 10.6 Å². The van der Waals surface area contributed by atoms with E-state index in [1.165, 1.54) is 6.07 Å². The maximum Gasteiger partial charge on any atom is 0.257 e. The number of carbonyl (C=O) groups is 1. The molecule has 0 aliphatic carbocycles. The maximum absolute atomic E-state index is 12.1. The van der Waals surface area contributed by atoms with Gasteiger partial charge < -0.3 is 11.1 Å². The van der Waals surface area contributed by atoms with Gasteiger partial charge in [-0.15, -0.1) is 0 Å². The lowest BCUT2D eigenvalue weighted by Gasteiger charge is -2.08. The predicted octanol–water partition coefficient (Wildman–Crippen LogP) is 3.70. The van der Waals surface area contributed by atoms with Crippen molar-refractivity contribution in [2.45, 2.75) is 6.54 Å². The number of hydrogen-bond donors (Lipinski definition) is 2. The van der Waals surface area contributed by atoms with Crippen LogP contribution >= 0.6 is 23.2 Å². The van der Waals surface area contributed by atoms with E-state index in [0.717, 1.165) is 5.56 Å². The van der Waals surface area contributed by atoms with E-state index < -0.39 is 0 Å². The molecule has 0 heterocycles. The molecule has 0 aliphatic rings. The lowest BCUT2D eigenvalue weighted by Crippen LogP contribution is -2.12. The van der Waals surface area contributed by atoms with Gasteiger partial charge in [0.1, 0.15) is 0 Å². The number of rotatable bonds is 3. The van der Waals surface area contributed by atoms with Gasteiger partial charge in [-0.2, -0.15) is 0 Å². The molecule has 2 aromatic rings. The van der Waals surface area contributed by atoms with Gasteiger partial charge in [-0.1, -0.05) is 35.3 Å². The van der Waals surface area contributed by atoms with Crippen LogP contribution in [0, 0.1) is 0 Å². The molecule has 2 aromatic carbocycles. The lowest BCUT2D eigenvalue weighted by molar-refractivity contribution is 0.102. The number of carbonyl (C=O) groups excluding carboxylic acids is 1. The molecule has 0 unspecified atom stereocenters. The molecular formula is C14H12Cl2N2O. The van der Waals surface area contributed by atoms with Crippen molar-refractivity contribution in [3.63, 3.8) is 0 Å². The van der Waals surface area contributed by atoms with Crippen molar-refractivity contribution < 1.29 is 4.79 Å². The Morgan fingerprint density at radius 1 is 1.16 bits per heavy atom. The Morgan fingerprint density at radius 3 is 2.68 bits per heavy atom. The van der Waals surface area contributed by atoms with Crippen molar-refractivity contribution >= 4 is 34.8 Å². The Bertz CT molecular complexity index is 614. The van der Waals surface area contributed by atoms with E-state index in [0.29, 0.717) is 27.8 Å². The molecule has 2 rings (SSSR count). The number of halogens is 2. The number of hydrogen-bond acceptors (Lipinski definition) is 2. The fraction of sp³-hybridized carbons (Fsp3) is 0.0714. The van der Waals surface area contributed by atoms with E-state index in [1.54, 1.807) is 18.2 Å². The zero-order valence-corrected chi connectivity index (χ0v) is 11.5. The third-order valence-corrected chi connectivity index (χ3v) is 3.16. The molecule has 3 nitrogen and oxygen atoms in total. The first-order chi connectivity index (χ1) is 9.10. The fourth-order valence-corrected chi connectivity index (χ4v) is 2.02. The van der Waals surface area contributed by atoms with Crippen molar-refractivity contribution in [2.75, 3.05) is 5.32 Å². The topological polar surface area (TPSA) is 55.1 Å². The fourth-order valence-electron chi connectivity index (χ4n) is 1.65. The summed E-state index contributed by atoms with van der Waals surface area (Å²) < 4.78 is 0. The largest absolute Gasteiger partial charge is 0.326 e. The summed E-state index contributed by atoms with van der Waals surface area (Å²) in [5, 5.41) is 3.58. The Morgan fingerprint density at radius 2 is 1.95 bits per heavy atom. The van der Waals surface area contributed by atoms with Crippen LogP contribution in [0.4, 0.5) is 5.69 Å². The minimum absolute atomic E-state index is 0.304. The van der Waals surface area contributed by atoms with Crippen LogP contribution in [0.3, 0.4) is 0 Å². The highest BCUT2D eigenvalue weighted by Gasteiger charge is 2.11. The van der Waals surface area contributed by atoms with Crippen LogP contribution in [0.5, 0.6) is 0 Å². The van der Waals surface area contributed by atoms with Gasteiger partial charge in [-0.05, 0) is 35.9 Å². The Hall–Kier alpha value is -1.55. The number of nitrogens with two attached hydrogens (primary N) is 1. The summed E-state index contributed by atoms with van der Waals surface area (Å²) >= 11 is 11.8. The molecule has 0 saturated carbocycles. The van der Waals surface area contributed by atoms with E-state index in [2.05, 4.69) is 5.32 Å². The van der Waals surface area contributed by atoms with Gasteiger partial charge in [0, 0.05) is 17.3 Å². The van der Waals surface area contributed by atoms with Crippen LogP contribution in [0.25, 0.3) is 0 Å². The van der Waals surface area contributed by atoms with Crippen molar-refractivity contribution in [2.24, 2.45) is 5.73 Å². The monoisotopic (exact) mass is 294 g/mol. The summed E-state index contributed by atoms with van der Waals surface area (Å²) in [5.41, 5.74) is 7.50. The summed E-state index contributed by atoms with van der Waals surface area (Å²) in [6.07, 6.45) is 0. The normalized spacial score (nSPS) is 10.3. The van der Waals surface area contributed by atoms with Crippen LogP contribution in [0.2, 0.25) is 10.0 Å². The third kappa shape index (κ3) is 3.47. The number of anilines is 1. The SMILES string of the molecule is NCc1cccc(NC(=O)c2cc(Cl)ccc2Cl)c1. The van der Waals surface area contributed by atoms with Gasteiger partial charge in [0.15, 0.2) is 0 Å². The average Bonchev–Trinajstić information content (AvgIpc) is 2.41. The second-order valence-corrected chi connectivity index (χ2v) is 4.83. The highest BCUT2D eigenvalue weighted by molar-refractivity contribution is 6.36. The molecule has 5 heteroatoms. The molecular weight excluding hydrogens is 283 g/mol. The number of amides is 1. The molecule has 0 bridgehead atoms. The second kappa shape index (κ2) is 6.06. The van der Waals surface area contributed by atoms with Crippen molar-refractivity contribution in [1.29, 1.82) is 0 Å². The summed E-state index contributed by atoms with van der Waals surface area (Å²) in [6.45, 7) is 0.418. The second-order valence-electron chi connectivity index (χ2n) is 3.98. The molecule has 0 fully saturated rings.